The maximum atomic E-state index is 11.3. The van der Waals surface area contributed by atoms with E-state index in [0.717, 1.165) is 29.2 Å². The van der Waals surface area contributed by atoms with Gasteiger partial charge in [0.15, 0.2) is 0 Å². The summed E-state index contributed by atoms with van der Waals surface area (Å²) >= 11 is 0. The van der Waals surface area contributed by atoms with E-state index in [1.807, 2.05) is 6.07 Å². The largest absolute Gasteiger partial charge is 0.425 e. The molecule has 3 heteroatoms. The molecule has 0 saturated heterocycles. The molecule has 1 aliphatic rings. The van der Waals surface area contributed by atoms with Gasteiger partial charge in [-0.2, -0.15) is 4.73 Å². The Labute approximate surface area is 89.3 Å². The summed E-state index contributed by atoms with van der Waals surface area (Å²) in [5.41, 5.74) is 0.445. The summed E-state index contributed by atoms with van der Waals surface area (Å²) in [5.74, 6) is 1.13. The van der Waals surface area contributed by atoms with Crippen LogP contribution in [-0.2, 0) is 0 Å². The van der Waals surface area contributed by atoms with Crippen molar-refractivity contribution in [3.8, 4) is 0 Å². The molecule has 0 radical (unpaired) electrons. The number of hydrogen-bond donors (Lipinski definition) is 1. The van der Waals surface area contributed by atoms with Gasteiger partial charge in [0.05, 0.1) is 5.69 Å². The Bertz CT molecular complexity index is 389. The molecule has 1 fully saturated rings. The molecule has 82 valence electrons. The molecule has 1 aliphatic carbocycles. The van der Waals surface area contributed by atoms with Gasteiger partial charge in [-0.1, -0.05) is 25.8 Å². The second kappa shape index (κ2) is 4.09. The van der Waals surface area contributed by atoms with E-state index in [2.05, 4.69) is 6.92 Å². The van der Waals surface area contributed by atoms with Crippen molar-refractivity contribution in [3.05, 3.63) is 34.2 Å². The summed E-state index contributed by atoms with van der Waals surface area (Å²) in [4.78, 5) is 11.3. The molecule has 0 aliphatic heterocycles. The third-order valence-corrected chi connectivity index (χ3v) is 3.39. The number of rotatable bonds is 1. The molecule has 1 aromatic heterocycles. The number of pyridine rings is 1. The fourth-order valence-electron chi connectivity index (χ4n) is 2.36. The predicted molar refractivity (Wildman–Crippen MR) is 58.3 cm³/mol. The van der Waals surface area contributed by atoms with Crippen molar-refractivity contribution < 1.29 is 5.21 Å². The molecule has 1 saturated carbocycles. The second-order valence-electron chi connectivity index (χ2n) is 4.56. The van der Waals surface area contributed by atoms with Crippen LogP contribution in [0.3, 0.4) is 0 Å². The van der Waals surface area contributed by atoms with E-state index in [-0.39, 0.29) is 5.56 Å². The Morgan fingerprint density at radius 2 is 1.93 bits per heavy atom. The van der Waals surface area contributed by atoms with E-state index in [4.69, 9.17) is 0 Å². The molecule has 2 rings (SSSR count). The van der Waals surface area contributed by atoms with Crippen molar-refractivity contribution in [3.63, 3.8) is 0 Å². The van der Waals surface area contributed by atoms with Crippen LogP contribution in [0.15, 0.2) is 23.0 Å². The summed E-state index contributed by atoms with van der Waals surface area (Å²) in [5, 5.41) is 9.62. The van der Waals surface area contributed by atoms with Crippen LogP contribution in [0.5, 0.6) is 0 Å². The van der Waals surface area contributed by atoms with Crippen LogP contribution >= 0.6 is 0 Å². The third kappa shape index (κ3) is 2.06. The van der Waals surface area contributed by atoms with Crippen molar-refractivity contribution in [2.24, 2.45) is 5.92 Å². The Hall–Kier alpha value is -1.25. The van der Waals surface area contributed by atoms with Crippen molar-refractivity contribution in [1.29, 1.82) is 0 Å². The first-order chi connectivity index (χ1) is 7.18. The highest BCUT2D eigenvalue weighted by Gasteiger charge is 2.22. The van der Waals surface area contributed by atoms with Gasteiger partial charge in [0.1, 0.15) is 0 Å². The van der Waals surface area contributed by atoms with E-state index in [9.17, 15) is 10.0 Å². The van der Waals surface area contributed by atoms with E-state index in [1.165, 1.54) is 18.9 Å². The number of aromatic nitrogens is 1. The maximum Gasteiger partial charge on any atom is 0.283 e. The van der Waals surface area contributed by atoms with Crippen LogP contribution in [0.4, 0.5) is 0 Å². The average Bonchev–Trinajstić information content (AvgIpc) is 2.24. The smallest absolute Gasteiger partial charge is 0.283 e. The van der Waals surface area contributed by atoms with Gasteiger partial charge in [0.25, 0.3) is 5.56 Å². The summed E-state index contributed by atoms with van der Waals surface area (Å²) in [6.45, 7) is 2.26. The van der Waals surface area contributed by atoms with Gasteiger partial charge in [-0.25, -0.2) is 0 Å². The molecule has 0 unspecified atom stereocenters. The highest BCUT2D eigenvalue weighted by molar-refractivity contribution is 5.11. The van der Waals surface area contributed by atoms with E-state index in [0.29, 0.717) is 5.92 Å². The van der Waals surface area contributed by atoms with Gasteiger partial charge in [0, 0.05) is 12.0 Å². The highest BCUT2D eigenvalue weighted by Crippen LogP contribution is 2.34. The summed E-state index contributed by atoms with van der Waals surface area (Å²) in [6, 6.07) is 4.96. The first-order valence-electron chi connectivity index (χ1n) is 5.59. The third-order valence-electron chi connectivity index (χ3n) is 3.39. The van der Waals surface area contributed by atoms with E-state index < -0.39 is 0 Å². The molecule has 15 heavy (non-hydrogen) atoms. The standard InChI is InChI=1S/C12H17NO2/c1-9-5-7-10(8-6-9)11-3-2-4-12(14)13(11)15/h2-4,9-10,15H,5-8H2,1H3. The van der Waals surface area contributed by atoms with Crippen molar-refractivity contribution in [1.82, 2.24) is 4.73 Å². The Morgan fingerprint density at radius 1 is 1.27 bits per heavy atom. The van der Waals surface area contributed by atoms with E-state index in [1.54, 1.807) is 6.07 Å². The van der Waals surface area contributed by atoms with Crippen molar-refractivity contribution in [2.75, 3.05) is 0 Å². The molecular formula is C12H17NO2. The minimum atomic E-state index is -0.328. The molecule has 1 heterocycles. The molecule has 0 atom stereocenters. The zero-order valence-corrected chi connectivity index (χ0v) is 9.02. The van der Waals surface area contributed by atoms with Gasteiger partial charge in [0.2, 0.25) is 0 Å². The van der Waals surface area contributed by atoms with Gasteiger partial charge in [-0.05, 0) is 24.8 Å². The minimum absolute atomic E-state index is 0.328. The average molecular weight is 207 g/mol. The predicted octanol–water partition coefficient (Wildman–Crippen LogP) is 2.38. The van der Waals surface area contributed by atoms with E-state index >= 15 is 0 Å². The lowest BCUT2D eigenvalue weighted by atomic mass is 9.81. The summed E-state index contributed by atoms with van der Waals surface area (Å²) in [7, 11) is 0. The number of hydrogen-bond acceptors (Lipinski definition) is 2. The fourth-order valence-corrected chi connectivity index (χ4v) is 2.36. The van der Waals surface area contributed by atoms with Crippen LogP contribution < -0.4 is 5.56 Å². The molecular weight excluding hydrogens is 190 g/mol. The Kier molecular flexibility index (Phi) is 2.80. The summed E-state index contributed by atoms with van der Waals surface area (Å²) in [6.07, 6.45) is 4.53. The zero-order chi connectivity index (χ0) is 10.8. The molecule has 3 nitrogen and oxygen atoms in total. The van der Waals surface area contributed by atoms with Gasteiger partial charge in [-0.15, -0.1) is 0 Å². The first-order valence-corrected chi connectivity index (χ1v) is 5.59. The lowest BCUT2D eigenvalue weighted by Crippen LogP contribution is -2.23. The van der Waals surface area contributed by atoms with Crippen molar-refractivity contribution in [2.45, 2.75) is 38.5 Å². The van der Waals surface area contributed by atoms with Crippen LogP contribution in [0.25, 0.3) is 0 Å². The maximum absolute atomic E-state index is 11.3. The monoisotopic (exact) mass is 207 g/mol. The lowest BCUT2D eigenvalue weighted by Gasteiger charge is -2.26. The number of nitrogens with zero attached hydrogens (tertiary/aromatic N) is 1. The second-order valence-corrected chi connectivity index (χ2v) is 4.56. The summed E-state index contributed by atoms with van der Waals surface area (Å²) < 4.78 is 0.806. The molecule has 0 bridgehead atoms. The minimum Gasteiger partial charge on any atom is -0.425 e. The Morgan fingerprint density at radius 3 is 2.60 bits per heavy atom. The van der Waals surface area contributed by atoms with Crippen LogP contribution in [0, 0.1) is 5.92 Å². The quantitative estimate of drug-likeness (QED) is 0.718. The lowest BCUT2D eigenvalue weighted by molar-refractivity contribution is 0.154. The topological polar surface area (TPSA) is 42.2 Å². The van der Waals surface area contributed by atoms with Gasteiger partial charge < -0.3 is 5.21 Å². The molecule has 0 amide bonds. The Balaban J connectivity index is 2.23. The molecule has 0 spiro atoms. The normalized spacial score (nSPS) is 26.5. The van der Waals surface area contributed by atoms with Crippen LogP contribution in [-0.4, -0.2) is 9.94 Å². The van der Waals surface area contributed by atoms with Crippen LogP contribution in [0.2, 0.25) is 0 Å². The first kappa shape index (κ1) is 10.3. The fraction of sp³-hybridized carbons (Fsp3) is 0.583. The zero-order valence-electron chi connectivity index (χ0n) is 9.02. The molecule has 1 aromatic rings. The van der Waals surface area contributed by atoms with Crippen LogP contribution in [0.1, 0.15) is 44.2 Å². The van der Waals surface area contributed by atoms with Gasteiger partial charge >= 0.3 is 0 Å². The van der Waals surface area contributed by atoms with Gasteiger partial charge in [-0.3, -0.25) is 4.79 Å². The highest BCUT2D eigenvalue weighted by atomic mass is 16.5. The SMILES string of the molecule is CC1CCC(c2cccc(=O)n2O)CC1. The van der Waals surface area contributed by atoms with Crippen molar-refractivity contribution >= 4 is 0 Å². The molecule has 0 aromatic carbocycles. The molecule has 1 N–H and O–H groups in total.